The van der Waals surface area contributed by atoms with Gasteiger partial charge in [0.1, 0.15) is 12.1 Å². The van der Waals surface area contributed by atoms with E-state index in [2.05, 4.69) is 10.6 Å². The molecule has 0 radical (unpaired) electrons. The van der Waals surface area contributed by atoms with E-state index in [9.17, 15) is 34.2 Å². The molecule has 14 nitrogen and oxygen atoms in total. The molecule has 11 atom stereocenters. The molecule has 5 amide bonds. The van der Waals surface area contributed by atoms with Gasteiger partial charge < -0.3 is 40.1 Å². The van der Waals surface area contributed by atoms with Gasteiger partial charge in [0.2, 0.25) is 23.6 Å². The van der Waals surface area contributed by atoms with Gasteiger partial charge in [-0.2, -0.15) is 0 Å². The Labute approximate surface area is 326 Å². The Bertz CT molecular complexity index is 1460. The monoisotopic (exact) mass is 771 g/mol. The number of carbonyl (C=O) groups excluding carboxylic acids is 4. The van der Waals surface area contributed by atoms with Gasteiger partial charge in [0.25, 0.3) is 0 Å². The second-order valence-corrected chi connectivity index (χ2v) is 16.3. The van der Waals surface area contributed by atoms with Crippen LogP contribution in [0.2, 0.25) is 0 Å². The van der Waals surface area contributed by atoms with Crippen molar-refractivity contribution in [3.63, 3.8) is 0 Å². The van der Waals surface area contributed by atoms with Crippen molar-refractivity contribution in [3.05, 3.63) is 35.9 Å². The van der Waals surface area contributed by atoms with E-state index in [0.29, 0.717) is 32.2 Å². The maximum Gasteiger partial charge on any atom is 0.408 e. The van der Waals surface area contributed by atoms with Crippen molar-refractivity contribution >= 4 is 29.7 Å². The predicted molar refractivity (Wildman–Crippen MR) is 207 cm³/mol. The topological polar surface area (TPSA) is 178 Å². The van der Waals surface area contributed by atoms with E-state index >= 15 is 0 Å². The number of aliphatic hydroxyl groups is 1. The zero-order valence-electron chi connectivity index (χ0n) is 34.0. The molecule has 0 spiro atoms. The molecule has 1 aromatic rings. The third-order valence-corrected chi connectivity index (χ3v) is 12.5. The van der Waals surface area contributed by atoms with Gasteiger partial charge >= 0.3 is 6.09 Å². The molecular formula is C41H65N5O9. The molecule has 4 N–H and O–H groups in total. The van der Waals surface area contributed by atoms with E-state index in [1.165, 1.54) is 12.0 Å². The van der Waals surface area contributed by atoms with Crippen LogP contribution in [0.5, 0.6) is 0 Å². The minimum absolute atomic E-state index is 0.0162. The average Bonchev–Trinajstić information content (AvgIpc) is 3.94. The van der Waals surface area contributed by atoms with E-state index in [-0.39, 0.29) is 60.6 Å². The van der Waals surface area contributed by atoms with E-state index in [1.54, 1.807) is 30.9 Å². The average molecular weight is 772 g/mol. The smallest absolute Gasteiger partial charge is 0.408 e. The third-order valence-electron chi connectivity index (χ3n) is 12.5. The number of methoxy groups -OCH3 is 2. The van der Waals surface area contributed by atoms with Crippen LogP contribution in [-0.2, 0) is 35.1 Å². The molecule has 2 bridgehead atoms. The van der Waals surface area contributed by atoms with Crippen LogP contribution in [-0.4, -0.2) is 138 Å². The summed E-state index contributed by atoms with van der Waals surface area (Å²) in [4.78, 5) is 72.4. The molecule has 4 rings (SSSR count). The number of hydrogen-bond acceptors (Lipinski definition) is 8. The number of piperidine rings is 1. The summed E-state index contributed by atoms with van der Waals surface area (Å²) in [5.41, 5.74) is 0.994. The molecule has 308 valence electrons. The number of likely N-dealkylation sites (N-methyl/N-ethyl adjacent to an activating group) is 1. The number of benzene rings is 1. The molecule has 55 heavy (non-hydrogen) atoms. The van der Waals surface area contributed by atoms with Crippen molar-refractivity contribution in [1.82, 2.24) is 25.3 Å². The number of aliphatic hydroxyl groups excluding tert-OH is 1. The van der Waals surface area contributed by atoms with Gasteiger partial charge in [-0.05, 0) is 61.8 Å². The Morgan fingerprint density at radius 2 is 1.67 bits per heavy atom. The quantitative estimate of drug-likeness (QED) is 0.164. The van der Waals surface area contributed by atoms with Crippen LogP contribution in [0.4, 0.5) is 4.79 Å². The Balaban J connectivity index is 1.46. The van der Waals surface area contributed by atoms with Gasteiger partial charge in [-0.3, -0.25) is 24.1 Å². The number of fused-ring (bicyclic) bond motifs is 2. The zero-order valence-corrected chi connectivity index (χ0v) is 34.0. The highest BCUT2D eigenvalue weighted by Crippen LogP contribution is 2.42. The maximum atomic E-state index is 14.3. The van der Waals surface area contributed by atoms with Gasteiger partial charge in [-0.15, -0.1) is 0 Å². The molecule has 2 saturated heterocycles. The number of rotatable bonds is 19. The maximum absolute atomic E-state index is 14.3. The van der Waals surface area contributed by atoms with Gasteiger partial charge in [0.15, 0.2) is 0 Å². The third kappa shape index (κ3) is 10.2. The Morgan fingerprint density at radius 1 is 0.982 bits per heavy atom. The van der Waals surface area contributed by atoms with Crippen molar-refractivity contribution in [2.24, 2.45) is 23.7 Å². The molecule has 14 heteroatoms. The first-order chi connectivity index (χ1) is 26.2. The first kappa shape index (κ1) is 44.0. The van der Waals surface area contributed by atoms with Crippen molar-refractivity contribution < 1.29 is 43.7 Å². The van der Waals surface area contributed by atoms with E-state index < -0.39 is 54.3 Å². The lowest BCUT2D eigenvalue weighted by molar-refractivity contribution is -0.148. The second-order valence-electron chi connectivity index (χ2n) is 16.3. The lowest BCUT2D eigenvalue weighted by atomic mass is 9.89. The lowest BCUT2D eigenvalue weighted by Gasteiger charge is -2.41. The van der Waals surface area contributed by atoms with Crippen LogP contribution in [0.1, 0.15) is 85.1 Å². The Kier molecular flexibility index (Phi) is 15.9. The van der Waals surface area contributed by atoms with Gasteiger partial charge in [0, 0.05) is 33.9 Å². The highest BCUT2D eigenvalue weighted by molar-refractivity contribution is 5.92. The fourth-order valence-corrected chi connectivity index (χ4v) is 9.27. The molecule has 0 aromatic heterocycles. The fraction of sp³-hybridized carbons (Fsp3) is 0.732. The van der Waals surface area contributed by atoms with Crippen LogP contribution in [0.15, 0.2) is 30.3 Å². The Morgan fingerprint density at radius 3 is 2.25 bits per heavy atom. The SMILES string of the molecule is CC[C@H](C)[C@@H]([C@@H](CC(=O)N1CCC[C@H]1[C@H](OC)[C@@H](C)C(=O)N[C@H](CO)Cc1ccccc1)OC)N(C)C(=O)[C@@H](NC(=O)[C@@H]1[C@H]2CC[C@H](C2)N1C(=O)O)C(C)C. The summed E-state index contributed by atoms with van der Waals surface area (Å²) in [7, 11) is 4.75. The van der Waals surface area contributed by atoms with Gasteiger partial charge in [-0.1, -0.05) is 71.4 Å². The number of carbonyl (C=O) groups is 5. The first-order valence-electron chi connectivity index (χ1n) is 20.1. The molecule has 0 unspecified atom stereocenters. The van der Waals surface area contributed by atoms with Crippen molar-refractivity contribution in [1.29, 1.82) is 0 Å². The van der Waals surface area contributed by atoms with Gasteiger partial charge in [0.05, 0.1) is 49.3 Å². The summed E-state index contributed by atoms with van der Waals surface area (Å²) < 4.78 is 11.9. The molecule has 2 aliphatic heterocycles. The van der Waals surface area contributed by atoms with Crippen LogP contribution >= 0.6 is 0 Å². The number of nitrogens with one attached hydrogen (secondary N) is 2. The number of carboxylic acid groups (broad SMARTS) is 1. The lowest BCUT2D eigenvalue weighted by Crippen LogP contribution is -2.60. The Hall–Kier alpha value is -3.75. The number of nitrogens with zero attached hydrogens (tertiary/aromatic N) is 3. The first-order valence-corrected chi connectivity index (χ1v) is 20.1. The zero-order chi connectivity index (χ0) is 40.6. The molecule has 1 aliphatic carbocycles. The summed E-state index contributed by atoms with van der Waals surface area (Å²) in [6.45, 7) is 9.75. The molecule has 1 aromatic carbocycles. The highest BCUT2D eigenvalue weighted by Gasteiger charge is 2.52. The fourth-order valence-electron chi connectivity index (χ4n) is 9.27. The minimum Gasteiger partial charge on any atom is -0.465 e. The molecule has 3 fully saturated rings. The summed E-state index contributed by atoms with van der Waals surface area (Å²) in [5, 5.41) is 25.8. The molecule has 3 aliphatic rings. The van der Waals surface area contributed by atoms with Gasteiger partial charge in [-0.25, -0.2) is 4.79 Å². The standard InChI is InChI=1S/C41H65N5O9/c1-9-25(4)35(44(6)40(51)34(24(2)3)43-39(50)36-28-17-18-30(21-28)46(36)41(52)53)32(54-7)22-33(48)45-19-13-16-31(45)37(55-8)26(5)38(49)42-29(23-47)20-27-14-11-10-12-15-27/h10-12,14-15,24-26,28-32,34-37,47H,9,13,16-23H2,1-8H3,(H,42,49)(H,43,50)(H,52,53)/t25-,26+,28-,29-,30+,31-,32+,34-,35-,36-,37+/m0/s1. The highest BCUT2D eigenvalue weighted by atomic mass is 16.5. The van der Waals surface area contributed by atoms with Crippen molar-refractivity contribution in [2.75, 3.05) is 34.4 Å². The molecule has 1 saturated carbocycles. The normalized spacial score (nSPS) is 24.5. The second kappa shape index (κ2) is 19.9. The van der Waals surface area contributed by atoms with Crippen molar-refractivity contribution in [2.45, 2.75) is 134 Å². The number of likely N-dealkylation sites (tertiary alicyclic amines) is 2. The number of ether oxygens (including phenoxy) is 2. The minimum atomic E-state index is -1.12. The van der Waals surface area contributed by atoms with E-state index in [0.717, 1.165) is 24.8 Å². The largest absolute Gasteiger partial charge is 0.465 e. The summed E-state index contributed by atoms with van der Waals surface area (Å²) >= 11 is 0. The van der Waals surface area contributed by atoms with Crippen molar-refractivity contribution in [3.8, 4) is 0 Å². The van der Waals surface area contributed by atoms with E-state index in [1.807, 2.05) is 58.0 Å². The molecule has 2 heterocycles. The van der Waals surface area contributed by atoms with Crippen LogP contribution in [0.3, 0.4) is 0 Å². The number of amides is 5. The predicted octanol–water partition coefficient (Wildman–Crippen LogP) is 3.30. The molecular weight excluding hydrogens is 706 g/mol. The van der Waals surface area contributed by atoms with Crippen LogP contribution in [0, 0.1) is 23.7 Å². The van der Waals surface area contributed by atoms with Crippen LogP contribution in [0.25, 0.3) is 0 Å². The van der Waals surface area contributed by atoms with E-state index in [4.69, 9.17) is 9.47 Å². The summed E-state index contributed by atoms with van der Waals surface area (Å²) in [6, 6.07) is 6.35. The van der Waals surface area contributed by atoms with Crippen LogP contribution < -0.4 is 10.6 Å². The summed E-state index contributed by atoms with van der Waals surface area (Å²) in [5.74, 6) is -2.29. The summed E-state index contributed by atoms with van der Waals surface area (Å²) in [6.07, 6.45) is 2.31. The number of hydrogen-bond donors (Lipinski definition) is 4.